The van der Waals surface area contributed by atoms with Crippen LogP contribution in [0, 0.1) is 5.82 Å². The summed E-state index contributed by atoms with van der Waals surface area (Å²) in [5.74, 6) is 0.123. The summed E-state index contributed by atoms with van der Waals surface area (Å²) in [6.07, 6.45) is 1.19. The molecule has 0 fully saturated rings. The number of nitrogens with one attached hydrogen (secondary N) is 1. The second-order valence-corrected chi connectivity index (χ2v) is 7.09. The number of methoxy groups -OCH3 is 1. The fourth-order valence-corrected chi connectivity index (χ4v) is 2.92. The van der Waals surface area contributed by atoms with Gasteiger partial charge in [-0.1, -0.05) is 13.0 Å². The summed E-state index contributed by atoms with van der Waals surface area (Å²) in [5.41, 5.74) is 0.791. The van der Waals surface area contributed by atoms with E-state index in [-0.39, 0.29) is 23.3 Å². The molecule has 6 heteroatoms. The van der Waals surface area contributed by atoms with E-state index in [1.165, 1.54) is 13.2 Å². The Labute approximate surface area is 120 Å². The molecule has 1 unspecified atom stereocenters. The first kappa shape index (κ1) is 16.9. The minimum Gasteiger partial charge on any atom is -0.494 e. The third-order valence-corrected chi connectivity index (χ3v) is 5.10. The van der Waals surface area contributed by atoms with E-state index in [1.54, 1.807) is 26.1 Å². The van der Waals surface area contributed by atoms with Gasteiger partial charge in [-0.15, -0.1) is 0 Å². The molecule has 0 bridgehead atoms. The standard InChI is InChI=1S/C14H22FNO3S/c1-4-20(17,18)9-5-6-13(16-2)11-7-8-14(19-3)12(15)10-11/h7-8,10,13,16H,4-6,9H2,1-3H3. The summed E-state index contributed by atoms with van der Waals surface area (Å²) < 4.78 is 41.4. The topological polar surface area (TPSA) is 55.4 Å². The van der Waals surface area contributed by atoms with Gasteiger partial charge in [-0.2, -0.15) is 0 Å². The van der Waals surface area contributed by atoms with Crippen molar-refractivity contribution in [1.82, 2.24) is 5.32 Å². The number of hydrogen-bond donors (Lipinski definition) is 1. The van der Waals surface area contributed by atoms with E-state index in [1.807, 2.05) is 0 Å². The molecule has 114 valence electrons. The smallest absolute Gasteiger partial charge is 0.165 e. The minimum atomic E-state index is -2.95. The van der Waals surface area contributed by atoms with Crippen molar-refractivity contribution < 1.29 is 17.5 Å². The molecule has 0 aromatic heterocycles. The molecule has 0 saturated heterocycles. The van der Waals surface area contributed by atoms with Crippen LogP contribution in [0.25, 0.3) is 0 Å². The lowest BCUT2D eigenvalue weighted by Gasteiger charge is -2.17. The highest BCUT2D eigenvalue weighted by Gasteiger charge is 2.14. The molecule has 0 radical (unpaired) electrons. The molecule has 4 nitrogen and oxygen atoms in total. The van der Waals surface area contributed by atoms with Crippen LogP contribution < -0.4 is 10.1 Å². The van der Waals surface area contributed by atoms with Crippen LogP contribution >= 0.6 is 0 Å². The first-order valence-electron chi connectivity index (χ1n) is 6.64. The van der Waals surface area contributed by atoms with E-state index in [9.17, 15) is 12.8 Å². The van der Waals surface area contributed by atoms with Crippen LogP contribution in [0.15, 0.2) is 18.2 Å². The van der Waals surface area contributed by atoms with E-state index in [0.717, 1.165) is 5.56 Å². The number of sulfone groups is 1. The Balaban J connectivity index is 2.69. The lowest BCUT2D eigenvalue weighted by atomic mass is 10.0. The molecular weight excluding hydrogens is 281 g/mol. The van der Waals surface area contributed by atoms with Crippen molar-refractivity contribution in [2.75, 3.05) is 25.7 Å². The molecule has 0 heterocycles. The molecular formula is C14H22FNO3S. The normalized spacial score (nSPS) is 13.2. The van der Waals surface area contributed by atoms with Crippen molar-refractivity contribution in [3.05, 3.63) is 29.6 Å². The van der Waals surface area contributed by atoms with E-state index < -0.39 is 15.7 Å². The lowest BCUT2D eigenvalue weighted by molar-refractivity contribution is 0.385. The molecule has 1 rings (SSSR count). The molecule has 20 heavy (non-hydrogen) atoms. The Bertz CT molecular complexity index is 531. The van der Waals surface area contributed by atoms with Gasteiger partial charge < -0.3 is 10.1 Å². The van der Waals surface area contributed by atoms with Gasteiger partial charge in [0.25, 0.3) is 0 Å². The van der Waals surface area contributed by atoms with Crippen LogP contribution in [-0.4, -0.2) is 34.1 Å². The number of rotatable bonds is 8. The maximum atomic E-state index is 13.7. The Morgan fingerprint density at radius 2 is 2.10 bits per heavy atom. The predicted octanol–water partition coefficient (Wildman–Crippen LogP) is 2.31. The maximum Gasteiger partial charge on any atom is 0.165 e. The fourth-order valence-electron chi connectivity index (χ4n) is 2.03. The third kappa shape index (κ3) is 4.76. The average molecular weight is 303 g/mol. The second-order valence-electron chi connectivity index (χ2n) is 4.61. The zero-order chi connectivity index (χ0) is 15.2. The molecule has 0 aliphatic rings. The zero-order valence-electron chi connectivity index (χ0n) is 12.1. The van der Waals surface area contributed by atoms with Gasteiger partial charge in [0.1, 0.15) is 9.84 Å². The highest BCUT2D eigenvalue weighted by Crippen LogP contribution is 2.24. The molecule has 0 aliphatic heterocycles. The average Bonchev–Trinajstić information content (AvgIpc) is 2.43. The Hall–Kier alpha value is -1.14. The van der Waals surface area contributed by atoms with Gasteiger partial charge in [-0.25, -0.2) is 12.8 Å². The van der Waals surface area contributed by atoms with Crippen molar-refractivity contribution >= 4 is 9.84 Å². The van der Waals surface area contributed by atoms with E-state index >= 15 is 0 Å². The van der Waals surface area contributed by atoms with Gasteiger partial charge in [0.05, 0.1) is 12.9 Å². The van der Waals surface area contributed by atoms with Gasteiger partial charge in [-0.05, 0) is 37.6 Å². The Kier molecular flexibility index (Phi) is 6.42. The van der Waals surface area contributed by atoms with Crippen LogP contribution in [0.4, 0.5) is 4.39 Å². The molecule has 0 aliphatic carbocycles. The van der Waals surface area contributed by atoms with Crippen LogP contribution in [0.2, 0.25) is 0 Å². The predicted molar refractivity (Wildman–Crippen MR) is 78.3 cm³/mol. The molecule has 1 aromatic carbocycles. The van der Waals surface area contributed by atoms with Gasteiger partial charge in [0, 0.05) is 11.8 Å². The monoisotopic (exact) mass is 303 g/mol. The Morgan fingerprint density at radius 1 is 1.40 bits per heavy atom. The molecule has 0 spiro atoms. The minimum absolute atomic E-state index is 0.0672. The SMILES string of the molecule is CCS(=O)(=O)CCCC(NC)c1ccc(OC)c(F)c1. The summed E-state index contributed by atoms with van der Waals surface area (Å²) in [6.45, 7) is 1.64. The number of hydrogen-bond acceptors (Lipinski definition) is 4. The van der Waals surface area contributed by atoms with Gasteiger partial charge >= 0.3 is 0 Å². The first-order chi connectivity index (χ1) is 9.43. The third-order valence-electron chi connectivity index (χ3n) is 3.31. The van der Waals surface area contributed by atoms with Crippen LogP contribution in [-0.2, 0) is 9.84 Å². The van der Waals surface area contributed by atoms with Gasteiger partial charge in [0.2, 0.25) is 0 Å². The summed E-state index contributed by atoms with van der Waals surface area (Å²) in [7, 11) is 0.253. The number of benzene rings is 1. The second kappa shape index (κ2) is 7.59. The molecule has 0 saturated carbocycles. The van der Waals surface area contributed by atoms with Crippen LogP contribution in [0.5, 0.6) is 5.75 Å². The van der Waals surface area contributed by atoms with Gasteiger partial charge in [-0.3, -0.25) is 0 Å². The van der Waals surface area contributed by atoms with Gasteiger partial charge in [0.15, 0.2) is 11.6 Å². The molecule has 0 amide bonds. The van der Waals surface area contributed by atoms with Crippen molar-refractivity contribution in [2.45, 2.75) is 25.8 Å². The highest BCUT2D eigenvalue weighted by atomic mass is 32.2. The van der Waals surface area contributed by atoms with Crippen molar-refractivity contribution in [2.24, 2.45) is 0 Å². The summed E-state index contributed by atoms with van der Waals surface area (Å²) in [4.78, 5) is 0. The number of ether oxygens (including phenoxy) is 1. The largest absolute Gasteiger partial charge is 0.494 e. The molecule has 1 atom stereocenters. The van der Waals surface area contributed by atoms with Crippen molar-refractivity contribution in [3.63, 3.8) is 0 Å². The number of halogens is 1. The fraction of sp³-hybridized carbons (Fsp3) is 0.571. The summed E-state index contributed by atoms with van der Waals surface area (Å²) in [6, 6.07) is 4.73. The summed E-state index contributed by atoms with van der Waals surface area (Å²) in [5, 5.41) is 3.09. The highest BCUT2D eigenvalue weighted by molar-refractivity contribution is 7.91. The zero-order valence-corrected chi connectivity index (χ0v) is 13.0. The van der Waals surface area contributed by atoms with Crippen molar-refractivity contribution in [1.29, 1.82) is 0 Å². The molecule has 1 aromatic rings. The Morgan fingerprint density at radius 3 is 2.60 bits per heavy atom. The van der Waals surface area contributed by atoms with E-state index in [4.69, 9.17) is 4.74 Å². The quantitative estimate of drug-likeness (QED) is 0.800. The van der Waals surface area contributed by atoms with Crippen LogP contribution in [0.3, 0.4) is 0 Å². The summed E-state index contributed by atoms with van der Waals surface area (Å²) >= 11 is 0. The van der Waals surface area contributed by atoms with E-state index in [0.29, 0.717) is 12.8 Å². The maximum absolute atomic E-state index is 13.7. The van der Waals surface area contributed by atoms with Crippen LogP contribution in [0.1, 0.15) is 31.4 Å². The van der Waals surface area contributed by atoms with E-state index in [2.05, 4.69) is 5.32 Å². The lowest BCUT2D eigenvalue weighted by Crippen LogP contribution is -2.18. The molecule has 1 N–H and O–H groups in total. The first-order valence-corrected chi connectivity index (χ1v) is 8.46. The van der Waals surface area contributed by atoms with Crippen molar-refractivity contribution in [3.8, 4) is 5.75 Å².